The molecule has 5 heteroatoms. The number of rotatable bonds is 4. The molecule has 0 bridgehead atoms. The molecule has 1 saturated carbocycles. The molecule has 0 saturated heterocycles. The fourth-order valence-electron chi connectivity index (χ4n) is 2.55. The number of hydrogen-bond acceptors (Lipinski definition) is 4. The van der Waals surface area contributed by atoms with Gasteiger partial charge in [-0.25, -0.2) is 0 Å². The van der Waals surface area contributed by atoms with Gasteiger partial charge in [-0.05, 0) is 48.2 Å². The fourth-order valence-corrected chi connectivity index (χ4v) is 2.55. The summed E-state index contributed by atoms with van der Waals surface area (Å²) in [6, 6.07) is 7.85. The first kappa shape index (κ1) is 12.1. The lowest BCUT2D eigenvalue weighted by Gasteiger charge is -2.21. The van der Waals surface area contributed by atoms with Crippen LogP contribution in [0.2, 0.25) is 0 Å². The van der Waals surface area contributed by atoms with Gasteiger partial charge in [-0.15, -0.1) is 10.2 Å². The first-order valence-electron chi connectivity index (χ1n) is 6.88. The average molecular weight is 258 g/mol. The SMILES string of the molecule is c1cc(-c2nn[nH]n2)ccc1OCC1CCCCC1. The van der Waals surface area contributed by atoms with Crippen molar-refractivity contribution < 1.29 is 4.74 Å². The largest absolute Gasteiger partial charge is 0.493 e. The molecule has 0 radical (unpaired) electrons. The molecule has 1 heterocycles. The van der Waals surface area contributed by atoms with E-state index in [1.54, 1.807) is 0 Å². The minimum Gasteiger partial charge on any atom is -0.493 e. The Hall–Kier alpha value is -1.91. The summed E-state index contributed by atoms with van der Waals surface area (Å²) >= 11 is 0. The quantitative estimate of drug-likeness (QED) is 0.915. The molecule has 5 nitrogen and oxygen atoms in total. The molecule has 0 amide bonds. The van der Waals surface area contributed by atoms with Gasteiger partial charge < -0.3 is 4.74 Å². The van der Waals surface area contributed by atoms with Crippen molar-refractivity contribution in [3.8, 4) is 17.1 Å². The summed E-state index contributed by atoms with van der Waals surface area (Å²) in [5.74, 6) is 2.25. The van der Waals surface area contributed by atoms with Crippen LogP contribution in [0.1, 0.15) is 32.1 Å². The molecule has 1 aliphatic carbocycles. The second-order valence-corrected chi connectivity index (χ2v) is 5.07. The summed E-state index contributed by atoms with van der Waals surface area (Å²) in [5.41, 5.74) is 0.943. The highest BCUT2D eigenvalue weighted by Gasteiger charge is 2.13. The standard InChI is InChI=1S/C14H18N4O/c1-2-4-11(5-3-1)10-19-13-8-6-12(7-9-13)14-15-17-18-16-14/h6-9,11H,1-5,10H2,(H,15,16,17,18). The molecule has 1 fully saturated rings. The summed E-state index contributed by atoms with van der Waals surface area (Å²) in [7, 11) is 0. The molecule has 0 spiro atoms. The summed E-state index contributed by atoms with van der Waals surface area (Å²) < 4.78 is 5.85. The van der Waals surface area contributed by atoms with E-state index in [9.17, 15) is 0 Å². The Balaban J connectivity index is 1.57. The van der Waals surface area contributed by atoms with Gasteiger partial charge in [-0.3, -0.25) is 0 Å². The van der Waals surface area contributed by atoms with Crippen molar-refractivity contribution in [2.45, 2.75) is 32.1 Å². The number of hydrogen-bond donors (Lipinski definition) is 1. The summed E-state index contributed by atoms with van der Waals surface area (Å²) in [5, 5.41) is 13.9. The van der Waals surface area contributed by atoms with E-state index in [2.05, 4.69) is 20.6 Å². The molecule has 3 rings (SSSR count). The number of tetrazole rings is 1. The first-order chi connectivity index (χ1) is 9.42. The van der Waals surface area contributed by atoms with Crippen LogP contribution in [0.25, 0.3) is 11.4 Å². The minimum absolute atomic E-state index is 0.610. The minimum atomic E-state index is 0.610. The zero-order chi connectivity index (χ0) is 12.9. The molecule has 0 unspecified atom stereocenters. The molecular weight excluding hydrogens is 240 g/mol. The lowest BCUT2D eigenvalue weighted by molar-refractivity contribution is 0.209. The molecule has 100 valence electrons. The lowest BCUT2D eigenvalue weighted by atomic mass is 9.90. The molecule has 1 aliphatic rings. The third kappa shape index (κ3) is 3.10. The number of nitrogens with zero attached hydrogens (tertiary/aromatic N) is 3. The third-order valence-electron chi connectivity index (χ3n) is 3.67. The van der Waals surface area contributed by atoms with Crippen LogP contribution < -0.4 is 4.74 Å². The van der Waals surface area contributed by atoms with E-state index in [4.69, 9.17) is 4.74 Å². The summed E-state index contributed by atoms with van der Waals surface area (Å²) in [4.78, 5) is 0. The predicted octanol–water partition coefficient (Wildman–Crippen LogP) is 2.83. The van der Waals surface area contributed by atoms with Crippen LogP contribution in [0, 0.1) is 5.92 Å². The number of aromatic nitrogens is 4. The smallest absolute Gasteiger partial charge is 0.204 e. The lowest BCUT2D eigenvalue weighted by Crippen LogP contribution is -2.15. The van der Waals surface area contributed by atoms with Crippen molar-refractivity contribution in [3.63, 3.8) is 0 Å². The van der Waals surface area contributed by atoms with Gasteiger partial charge in [0.05, 0.1) is 6.61 Å². The van der Waals surface area contributed by atoms with Crippen molar-refractivity contribution in [1.29, 1.82) is 0 Å². The molecule has 0 aliphatic heterocycles. The van der Waals surface area contributed by atoms with Gasteiger partial charge >= 0.3 is 0 Å². The molecule has 1 aromatic heterocycles. The Labute approximate surface area is 112 Å². The molecule has 2 aromatic rings. The van der Waals surface area contributed by atoms with Gasteiger partial charge in [-0.1, -0.05) is 19.3 Å². The molecule has 19 heavy (non-hydrogen) atoms. The number of aromatic amines is 1. The Morgan fingerprint density at radius 1 is 1.11 bits per heavy atom. The fraction of sp³-hybridized carbons (Fsp3) is 0.500. The van der Waals surface area contributed by atoms with E-state index in [0.717, 1.165) is 23.8 Å². The number of ether oxygens (including phenoxy) is 1. The van der Waals surface area contributed by atoms with Crippen LogP contribution >= 0.6 is 0 Å². The van der Waals surface area contributed by atoms with E-state index >= 15 is 0 Å². The monoisotopic (exact) mass is 258 g/mol. The van der Waals surface area contributed by atoms with Crippen molar-refractivity contribution in [1.82, 2.24) is 20.6 Å². The van der Waals surface area contributed by atoms with E-state index in [0.29, 0.717) is 5.82 Å². The molecular formula is C14H18N4O. The number of H-pyrrole nitrogens is 1. The van der Waals surface area contributed by atoms with Crippen LogP contribution in [0.5, 0.6) is 5.75 Å². The van der Waals surface area contributed by atoms with Gasteiger partial charge in [0, 0.05) is 5.56 Å². The molecule has 1 N–H and O–H groups in total. The Kier molecular flexibility index (Phi) is 3.72. The van der Waals surface area contributed by atoms with E-state index in [-0.39, 0.29) is 0 Å². The van der Waals surface area contributed by atoms with E-state index in [1.807, 2.05) is 24.3 Å². The van der Waals surface area contributed by atoms with Crippen molar-refractivity contribution in [2.24, 2.45) is 5.92 Å². The maximum Gasteiger partial charge on any atom is 0.204 e. The average Bonchev–Trinajstić information content (AvgIpc) is 3.01. The van der Waals surface area contributed by atoms with Gasteiger partial charge in [-0.2, -0.15) is 5.21 Å². The Morgan fingerprint density at radius 2 is 1.89 bits per heavy atom. The highest BCUT2D eigenvalue weighted by atomic mass is 16.5. The second kappa shape index (κ2) is 5.82. The summed E-state index contributed by atoms with van der Waals surface area (Å²) in [6.07, 6.45) is 6.70. The number of nitrogens with one attached hydrogen (secondary N) is 1. The third-order valence-corrected chi connectivity index (χ3v) is 3.67. The first-order valence-corrected chi connectivity index (χ1v) is 6.88. The van der Waals surface area contributed by atoms with Crippen LogP contribution in [0.3, 0.4) is 0 Å². The maximum absolute atomic E-state index is 5.85. The van der Waals surface area contributed by atoms with Crippen LogP contribution in [-0.4, -0.2) is 27.2 Å². The van der Waals surface area contributed by atoms with Crippen LogP contribution in [0.4, 0.5) is 0 Å². The molecule has 0 atom stereocenters. The Morgan fingerprint density at radius 3 is 2.58 bits per heavy atom. The van der Waals surface area contributed by atoms with Crippen LogP contribution in [-0.2, 0) is 0 Å². The predicted molar refractivity (Wildman–Crippen MR) is 71.7 cm³/mol. The zero-order valence-electron chi connectivity index (χ0n) is 10.9. The maximum atomic E-state index is 5.85. The van der Waals surface area contributed by atoms with Crippen molar-refractivity contribution in [2.75, 3.05) is 6.61 Å². The van der Waals surface area contributed by atoms with E-state index < -0.39 is 0 Å². The highest BCUT2D eigenvalue weighted by molar-refractivity contribution is 5.54. The highest BCUT2D eigenvalue weighted by Crippen LogP contribution is 2.25. The number of benzene rings is 1. The second-order valence-electron chi connectivity index (χ2n) is 5.07. The van der Waals surface area contributed by atoms with Crippen molar-refractivity contribution in [3.05, 3.63) is 24.3 Å². The van der Waals surface area contributed by atoms with Gasteiger partial charge in [0.2, 0.25) is 5.82 Å². The summed E-state index contributed by atoms with van der Waals surface area (Å²) in [6.45, 7) is 0.835. The normalized spacial score (nSPS) is 16.4. The van der Waals surface area contributed by atoms with Crippen molar-refractivity contribution >= 4 is 0 Å². The topological polar surface area (TPSA) is 63.7 Å². The Bertz CT molecular complexity index is 489. The molecule has 1 aromatic carbocycles. The van der Waals surface area contributed by atoms with E-state index in [1.165, 1.54) is 32.1 Å². The zero-order valence-corrected chi connectivity index (χ0v) is 10.9. The van der Waals surface area contributed by atoms with Crippen LogP contribution in [0.15, 0.2) is 24.3 Å². The van der Waals surface area contributed by atoms with Gasteiger partial charge in [0.1, 0.15) is 5.75 Å². The van der Waals surface area contributed by atoms with Gasteiger partial charge in [0.25, 0.3) is 0 Å². The van der Waals surface area contributed by atoms with Gasteiger partial charge in [0.15, 0.2) is 0 Å².